The Labute approximate surface area is 142 Å². The van der Waals surface area contributed by atoms with E-state index in [0.29, 0.717) is 6.42 Å². The van der Waals surface area contributed by atoms with Crippen molar-refractivity contribution in [3.05, 3.63) is 79.7 Å². The lowest BCUT2D eigenvalue weighted by molar-refractivity contribution is 0.614. The van der Waals surface area contributed by atoms with E-state index < -0.39 is 0 Å². The summed E-state index contributed by atoms with van der Waals surface area (Å²) in [6.45, 7) is 4.17. The maximum atomic E-state index is 14.5. The summed E-state index contributed by atoms with van der Waals surface area (Å²) < 4.78 is 15.6. The Morgan fingerprint density at radius 3 is 2.27 bits per heavy atom. The SMILES string of the molecule is Cc1sc(C)c(Cc2ccc(-c3ccccc3)cc2F)c1Br. The van der Waals surface area contributed by atoms with Gasteiger partial charge in [0, 0.05) is 20.6 Å². The zero-order valence-corrected chi connectivity index (χ0v) is 14.9. The van der Waals surface area contributed by atoms with Gasteiger partial charge in [0.2, 0.25) is 0 Å². The summed E-state index contributed by atoms with van der Waals surface area (Å²) in [4.78, 5) is 2.49. The van der Waals surface area contributed by atoms with Gasteiger partial charge in [0.15, 0.2) is 0 Å². The van der Waals surface area contributed by atoms with Gasteiger partial charge in [-0.1, -0.05) is 42.5 Å². The monoisotopic (exact) mass is 374 g/mol. The molecule has 112 valence electrons. The van der Waals surface area contributed by atoms with Crippen molar-refractivity contribution in [1.29, 1.82) is 0 Å². The quantitative estimate of drug-likeness (QED) is 0.489. The van der Waals surface area contributed by atoms with Crippen LogP contribution in [-0.2, 0) is 6.42 Å². The highest BCUT2D eigenvalue weighted by Gasteiger charge is 2.13. The Kier molecular flexibility index (Phi) is 4.46. The molecule has 0 aliphatic heterocycles. The van der Waals surface area contributed by atoms with Crippen molar-refractivity contribution < 1.29 is 4.39 Å². The van der Waals surface area contributed by atoms with E-state index in [-0.39, 0.29) is 5.82 Å². The average molecular weight is 375 g/mol. The van der Waals surface area contributed by atoms with E-state index in [0.717, 1.165) is 21.2 Å². The fraction of sp³-hybridized carbons (Fsp3) is 0.158. The first-order valence-corrected chi connectivity index (χ1v) is 8.75. The van der Waals surface area contributed by atoms with Crippen LogP contribution in [0.15, 0.2) is 53.0 Å². The van der Waals surface area contributed by atoms with Crippen molar-refractivity contribution in [2.45, 2.75) is 20.3 Å². The minimum Gasteiger partial charge on any atom is -0.207 e. The van der Waals surface area contributed by atoms with E-state index in [2.05, 4.69) is 29.8 Å². The highest BCUT2D eigenvalue weighted by atomic mass is 79.9. The molecule has 0 fully saturated rings. The summed E-state index contributed by atoms with van der Waals surface area (Å²) in [6, 6.07) is 15.4. The van der Waals surface area contributed by atoms with Crippen LogP contribution in [0.3, 0.4) is 0 Å². The number of hydrogen-bond donors (Lipinski definition) is 0. The van der Waals surface area contributed by atoms with E-state index in [1.165, 1.54) is 15.3 Å². The molecule has 3 heteroatoms. The minimum absolute atomic E-state index is 0.142. The Bertz CT molecular complexity index is 806. The van der Waals surface area contributed by atoms with Gasteiger partial charge in [-0.25, -0.2) is 4.39 Å². The van der Waals surface area contributed by atoms with Crippen LogP contribution in [-0.4, -0.2) is 0 Å². The standard InChI is InChI=1S/C19H16BrFS/c1-12-17(19(20)13(2)22-12)10-16-9-8-15(11-18(16)21)14-6-4-3-5-7-14/h3-9,11H,10H2,1-2H3. The molecule has 0 saturated heterocycles. The normalized spacial score (nSPS) is 10.9. The number of halogens is 2. The van der Waals surface area contributed by atoms with Crippen LogP contribution in [0.2, 0.25) is 0 Å². The zero-order chi connectivity index (χ0) is 15.7. The second-order valence-electron chi connectivity index (χ2n) is 5.36. The molecule has 0 amide bonds. The summed E-state index contributed by atoms with van der Waals surface area (Å²) in [7, 11) is 0. The molecular formula is C19H16BrFS. The summed E-state index contributed by atoms with van der Waals surface area (Å²) in [5.74, 6) is -0.142. The molecule has 3 aromatic rings. The van der Waals surface area contributed by atoms with Gasteiger partial charge in [0.25, 0.3) is 0 Å². The summed E-state index contributed by atoms with van der Waals surface area (Å²) in [6.07, 6.45) is 0.623. The second-order valence-corrected chi connectivity index (χ2v) is 7.58. The number of rotatable bonds is 3. The lowest BCUT2D eigenvalue weighted by Gasteiger charge is -2.07. The maximum absolute atomic E-state index is 14.5. The predicted octanol–water partition coefficient (Wildman–Crippen LogP) is 6.52. The summed E-state index contributed by atoms with van der Waals surface area (Å²) in [5.41, 5.74) is 3.88. The molecule has 0 radical (unpaired) electrons. The van der Waals surface area contributed by atoms with Crippen molar-refractivity contribution >= 4 is 27.3 Å². The lowest BCUT2D eigenvalue weighted by Crippen LogP contribution is -1.94. The largest absolute Gasteiger partial charge is 0.207 e. The van der Waals surface area contributed by atoms with E-state index in [1.54, 1.807) is 17.4 Å². The second kappa shape index (κ2) is 6.35. The summed E-state index contributed by atoms with van der Waals surface area (Å²) >= 11 is 5.37. The summed E-state index contributed by atoms with van der Waals surface area (Å²) in [5, 5.41) is 0. The van der Waals surface area contributed by atoms with Crippen molar-refractivity contribution in [3.8, 4) is 11.1 Å². The molecule has 0 atom stereocenters. The van der Waals surface area contributed by atoms with Gasteiger partial charge in [0.05, 0.1) is 0 Å². The first kappa shape index (κ1) is 15.4. The molecular weight excluding hydrogens is 359 g/mol. The molecule has 0 bridgehead atoms. The van der Waals surface area contributed by atoms with Crippen LogP contribution < -0.4 is 0 Å². The van der Waals surface area contributed by atoms with Gasteiger partial charge in [-0.05, 0) is 58.1 Å². The minimum atomic E-state index is -0.142. The van der Waals surface area contributed by atoms with Gasteiger partial charge in [-0.15, -0.1) is 11.3 Å². The van der Waals surface area contributed by atoms with Crippen LogP contribution in [0, 0.1) is 19.7 Å². The average Bonchev–Trinajstić information content (AvgIpc) is 2.76. The lowest BCUT2D eigenvalue weighted by atomic mass is 10.00. The number of thiophene rings is 1. The third kappa shape index (κ3) is 3.01. The van der Waals surface area contributed by atoms with E-state index in [4.69, 9.17) is 0 Å². The zero-order valence-electron chi connectivity index (χ0n) is 12.5. The molecule has 2 aromatic carbocycles. The predicted molar refractivity (Wildman–Crippen MR) is 96.1 cm³/mol. The third-order valence-corrected chi connectivity index (χ3v) is 6.23. The van der Waals surface area contributed by atoms with Gasteiger partial charge in [-0.3, -0.25) is 0 Å². The first-order chi connectivity index (χ1) is 10.6. The van der Waals surface area contributed by atoms with Crippen LogP contribution in [0.4, 0.5) is 4.39 Å². The highest BCUT2D eigenvalue weighted by molar-refractivity contribution is 9.10. The number of benzene rings is 2. The van der Waals surface area contributed by atoms with E-state index >= 15 is 0 Å². The Morgan fingerprint density at radius 1 is 0.955 bits per heavy atom. The Hall–Kier alpha value is -1.45. The Morgan fingerprint density at radius 2 is 1.68 bits per heavy atom. The van der Waals surface area contributed by atoms with Crippen molar-refractivity contribution in [2.75, 3.05) is 0 Å². The molecule has 0 aliphatic rings. The molecule has 0 saturated carbocycles. The van der Waals surface area contributed by atoms with E-state index in [9.17, 15) is 4.39 Å². The molecule has 3 rings (SSSR count). The van der Waals surface area contributed by atoms with Crippen LogP contribution in [0.1, 0.15) is 20.9 Å². The van der Waals surface area contributed by atoms with Crippen LogP contribution in [0.25, 0.3) is 11.1 Å². The van der Waals surface area contributed by atoms with Crippen LogP contribution >= 0.6 is 27.3 Å². The van der Waals surface area contributed by atoms with Crippen molar-refractivity contribution in [1.82, 2.24) is 0 Å². The van der Waals surface area contributed by atoms with Gasteiger partial charge in [0.1, 0.15) is 5.82 Å². The van der Waals surface area contributed by atoms with E-state index in [1.807, 2.05) is 42.5 Å². The van der Waals surface area contributed by atoms with Gasteiger partial charge >= 0.3 is 0 Å². The topological polar surface area (TPSA) is 0 Å². The maximum Gasteiger partial charge on any atom is 0.127 e. The van der Waals surface area contributed by atoms with Crippen molar-refractivity contribution in [3.63, 3.8) is 0 Å². The van der Waals surface area contributed by atoms with Crippen LogP contribution in [0.5, 0.6) is 0 Å². The molecule has 1 heterocycles. The molecule has 0 spiro atoms. The first-order valence-electron chi connectivity index (χ1n) is 7.14. The highest BCUT2D eigenvalue weighted by Crippen LogP contribution is 2.34. The molecule has 0 N–H and O–H groups in total. The molecule has 0 nitrogen and oxygen atoms in total. The van der Waals surface area contributed by atoms with Gasteiger partial charge in [-0.2, -0.15) is 0 Å². The molecule has 0 unspecified atom stereocenters. The van der Waals surface area contributed by atoms with Crippen molar-refractivity contribution in [2.24, 2.45) is 0 Å². The Balaban J connectivity index is 1.93. The number of aryl methyl sites for hydroxylation is 2. The van der Waals surface area contributed by atoms with Gasteiger partial charge < -0.3 is 0 Å². The molecule has 1 aromatic heterocycles. The number of hydrogen-bond acceptors (Lipinski definition) is 1. The smallest absolute Gasteiger partial charge is 0.127 e. The third-order valence-electron chi connectivity index (χ3n) is 3.83. The fourth-order valence-corrected chi connectivity index (χ4v) is 4.38. The fourth-order valence-electron chi connectivity index (χ4n) is 2.60. The molecule has 0 aliphatic carbocycles. The molecule has 22 heavy (non-hydrogen) atoms.